The fraction of sp³-hybridized carbons (Fsp3) is 0.235. The number of nitrogens with one attached hydrogen (secondary N) is 2. The molecule has 0 saturated heterocycles. The molecule has 0 bridgehead atoms. The van der Waals surface area contributed by atoms with Crippen molar-refractivity contribution in [2.45, 2.75) is 6.54 Å². The van der Waals surface area contributed by atoms with Crippen molar-refractivity contribution in [2.75, 3.05) is 26.3 Å². The van der Waals surface area contributed by atoms with Gasteiger partial charge in [0.15, 0.2) is 23.0 Å². The minimum Gasteiger partial charge on any atom is -0.493 e. The van der Waals surface area contributed by atoms with E-state index in [1.54, 1.807) is 14.2 Å². The Labute approximate surface area is 149 Å². The SMILES string of the molecule is COc1cc(NCc2ccc3c(c2)OCO3)c(-c2nn[nH]n2)cc1OC. The van der Waals surface area contributed by atoms with Crippen LogP contribution in [0.15, 0.2) is 30.3 Å². The van der Waals surface area contributed by atoms with Crippen LogP contribution in [0.1, 0.15) is 5.56 Å². The van der Waals surface area contributed by atoms with E-state index in [1.165, 1.54) is 0 Å². The Bertz CT molecular complexity index is 914. The van der Waals surface area contributed by atoms with E-state index in [9.17, 15) is 0 Å². The molecule has 0 fully saturated rings. The third-order valence-corrected chi connectivity index (χ3v) is 4.03. The smallest absolute Gasteiger partial charge is 0.231 e. The summed E-state index contributed by atoms with van der Waals surface area (Å²) >= 11 is 0. The quantitative estimate of drug-likeness (QED) is 0.694. The largest absolute Gasteiger partial charge is 0.493 e. The average Bonchev–Trinajstić information content (AvgIpc) is 3.36. The van der Waals surface area contributed by atoms with Crippen LogP contribution < -0.4 is 24.3 Å². The van der Waals surface area contributed by atoms with E-state index in [0.717, 1.165) is 28.3 Å². The van der Waals surface area contributed by atoms with Crippen molar-refractivity contribution in [3.05, 3.63) is 35.9 Å². The van der Waals surface area contributed by atoms with Crippen molar-refractivity contribution in [3.8, 4) is 34.4 Å². The number of nitrogens with zero attached hydrogens (tertiary/aromatic N) is 3. The van der Waals surface area contributed by atoms with Crippen LogP contribution in [0.2, 0.25) is 0 Å². The first-order valence-corrected chi connectivity index (χ1v) is 7.90. The average molecular weight is 355 g/mol. The first-order chi connectivity index (χ1) is 12.8. The van der Waals surface area contributed by atoms with E-state index >= 15 is 0 Å². The number of benzene rings is 2. The van der Waals surface area contributed by atoms with Gasteiger partial charge in [-0.25, -0.2) is 0 Å². The summed E-state index contributed by atoms with van der Waals surface area (Å²) in [5, 5.41) is 17.6. The molecule has 26 heavy (non-hydrogen) atoms. The molecule has 0 saturated carbocycles. The fourth-order valence-corrected chi connectivity index (χ4v) is 2.73. The highest BCUT2D eigenvalue weighted by Gasteiger charge is 2.17. The number of aromatic amines is 1. The van der Waals surface area contributed by atoms with Crippen molar-refractivity contribution in [1.29, 1.82) is 0 Å². The molecule has 0 aliphatic carbocycles. The lowest BCUT2D eigenvalue weighted by molar-refractivity contribution is 0.174. The van der Waals surface area contributed by atoms with Gasteiger partial charge in [0.25, 0.3) is 0 Å². The summed E-state index contributed by atoms with van der Waals surface area (Å²) in [5.41, 5.74) is 2.59. The number of hydrogen-bond donors (Lipinski definition) is 2. The highest BCUT2D eigenvalue weighted by Crippen LogP contribution is 2.38. The number of H-pyrrole nitrogens is 1. The Morgan fingerprint density at radius 1 is 1.08 bits per heavy atom. The maximum absolute atomic E-state index is 5.42. The fourth-order valence-electron chi connectivity index (χ4n) is 2.73. The summed E-state index contributed by atoms with van der Waals surface area (Å²) in [5.74, 6) is 3.15. The Morgan fingerprint density at radius 2 is 1.88 bits per heavy atom. The van der Waals surface area contributed by atoms with Gasteiger partial charge < -0.3 is 24.3 Å². The minimum atomic E-state index is 0.254. The Hall–Kier alpha value is -3.49. The number of ether oxygens (including phenoxy) is 4. The van der Waals surface area contributed by atoms with Gasteiger partial charge in [0.05, 0.1) is 19.8 Å². The molecule has 2 heterocycles. The van der Waals surface area contributed by atoms with E-state index < -0.39 is 0 Å². The van der Waals surface area contributed by atoms with Crippen molar-refractivity contribution >= 4 is 5.69 Å². The van der Waals surface area contributed by atoms with Gasteiger partial charge in [-0.1, -0.05) is 6.07 Å². The van der Waals surface area contributed by atoms with Crippen LogP contribution >= 0.6 is 0 Å². The molecular formula is C17H17N5O4. The second-order valence-corrected chi connectivity index (χ2v) is 5.53. The molecule has 9 heteroatoms. The second-order valence-electron chi connectivity index (χ2n) is 5.53. The third-order valence-electron chi connectivity index (χ3n) is 4.03. The van der Waals surface area contributed by atoms with Crippen LogP contribution in [0, 0.1) is 0 Å². The number of anilines is 1. The van der Waals surface area contributed by atoms with Crippen LogP contribution in [0.25, 0.3) is 11.4 Å². The molecule has 0 unspecified atom stereocenters. The lowest BCUT2D eigenvalue weighted by Gasteiger charge is -2.15. The monoisotopic (exact) mass is 355 g/mol. The highest BCUT2D eigenvalue weighted by atomic mass is 16.7. The molecule has 0 amide bonds. The predicted molar refractivity (Wildman–Crippen MR) is 92.6 cm³/mol. The van der Waals surface area contributed by atoms with Crippen LogP contribution in [-0.2, 0) is 6.54 Å². The molecule has 2 N–H and O–H groups in total. The van der Waals surface area contributed by atoms with Gasteiger partial charge in [0.2, 0.25) is 12.6 Å². The Kier molecular flexibility index (Phi) is 4.18. The van der Waals surface area contributed by atoms with E-state index in [-0.39, 0.29) is 6.79 Å². The van der Waals surface area contributed by atoms with E-state index in [1.807, 2.05) is 30.3 Å². The van der Waals surface area contributed by atoms with E-state index in [4.69, 9.17) is 18.9 Å². The van der Waals surface area contributed by atoms with Crippen LogP contribution in [0.4, 0.5) is 5.69 Å². The van der Waals surface area contributed by atoms with Gasteiger partial charge in [0, 0.05) is 18.3 Å². The number of methoxy groups -OCH3 is 2. The zero-order chi connectivity index (χ0) is 17.9. The Morgan fingerprint density at radius 3 is 2.65 bits per heavy atom. The molecule has 1 aliphatic heterocycles. The zero-order valence-corrected chi connectivity index (χ0v) is 14.3. The molecule has 1 aliphatic rings. The van der Waals surface area contributed by atoms with E-state index in [2.05, 4.69) is 25.9 Å². The second kappa shape index (κ2) is 6.79. The van der Waals surface area contributed by atoms with Gasteiger partial charge in [0.1, 0.15) is 0 Å². The van der Waals surface area contributed by atoms with Gasteiger partial charge in [-0.05, 0) is 29.0 Å². The molecule has 0 spiro atoms. The molecule has 0 atom stereocenters. The highest BCUT2D eigenvalue weighted by molar-refractivity contribution is 5.77. The van der Waals surface area contributed by atoms with Crippen LogP contribution in [0.3, 0.4) is 0 Å². The summed E-state index contributed by atoms with van der Waals surface area (Å²) in [6, 6.07) is 9.48. The lowest BCUT2D eigenvalue weighted by atomic mass is 10.1. The topological polar surface area (TPSA) is 103 Å². The summed E-state index contributed by atoms with van der Waals surface area (Å²) in [6.07, 6.45) is 0. The number of tetrazole rings is 1. The summed E-state index contributed by atoms with van der Waals surface area (Å²) < 4.78 is 21.5. The van der Waals surface area contributed by atoms with Gasteiger partial charge in [-0.15, -0.1) is 10.2 Å². The maximum atomic E-state index is 5.42. The van der Waals surface area contributed by atoms with Crippen molar-refractivity contribution in [2.24, 2.45) is 0 Å². The molecular weight excluding hydrogens is 338 g/mol. The van der Waals surface area contributed by atoms with E-state index in [0.29, 0.717) is 23.9 Å². The number of fused-ring (bicyclic) bond motifs is 1. The summed E-state index contributed by atoms with van der Waals surface area (Å²) in [7, 11) is 3.17. The number of hydrogen-bond acceptors (Lipinski definition) is 8. The van der Waals surface area contributed by atoms with Gasteiger partial charge in [-0.2, -0.15) is 5.21 Å². The third kappa shape index (κ3) is 2.94. The standard InChI is InChI=1S/C17H17N5O4/c1-23-14-6-11(17-19-21-22-20-17)12(7-15(14)24-2)18-8-10-3-4-13-16(5-10)26-9-25-13/h3-7,18H,8-9H2,1-2H3,(H,19,20,21,22). The molecule has 9 nitrogen and oxygen atoms in total. The normalized spacial score (nSPS) is 12.1. The van der Waals surface area contributed by atoms with Crippen molar-refractivity contribution in [1.82, 2.24) is 20.6 Å². The molecule has 3 aromatic rings. The van der Waals surface area contributed by atoms with Gasteiger partial charge >= 0.3 is 0 Å². The lowest BCUT2D eigenvalue weighted by Crippen LogP contribution is -2.03. The first-order valence-electron chi connectivity index (χ1n) is 7.90. The van der Waals surface area contributed by atoms with Gasteiger partial charge in [-0.3, -0.25) is 0 Å². The van der Waals surface area contributed by atoms with Crippen molar-refractivity contribution in [3.63, 3.8) is 0 Å². The first kappa shape index (κ1) is 16.0. The van der Waals surface area contributed by atoms with Crippen LogP contribution in [0.5, 0.6) is 23.0 Å². The molecule has 134 valence electrons. The number of aromatic nitrogens is 4. The zero-order valence-electron chi connectivity index (χ0n) is 14.3. The molecule has 2 aromatic carbocycles. The summed E-state index contributed by atoms with van der Waals surface area (Å²) in [4.78, 5) is 0. The number of rotatable bonds is 6. The summed E-state index contributed by atoms with van der Waals surface area (Å²) in [6.45, 7) is 0.820. The predicted octanol–water partition coefficient (Wildman–Crippen LogP) is 2.22. The minimum absolute atomic E-state index is 0.254. The molecule has 0 radical (unpaired) electrons. The molecule has 4 rings (SSSR count). The Balaban J connectivity index is 1.64. The molecule has 1 aromatic heterocycles. The maximum Gasteiger partial charge on any atom is 0.231 e. The van der Waals surface area contributed by atoms with Crippen LogP contribution in [-0.4, -0.2) is 41.6 Å². The van der Waals surface area contributed by atoms with Crippen molar-refractivity contribution < 1.29 is 18.9 Å².